The maximum absolute atomic E-state index is 9.78. The zero-order valence-electron chi connectivity index (χ0n) is 16.2. The first kappa shape index (κ1) is 21.6. The molecule has 2 N–H and O–H groups in total. The average molecular weight is 355 g/mol. The van der Waals surface area contributed by atoms with Crippen LogP contribution in [0.1, 0.15) is 37.6 Å². The molecule has 0 aliphatic carbocycles. The maximum Gasteiger partial charge on any atom is 0.146 e. The minimum Gasteiger partial charge on any atom is -0.489 e. The molecule has 1 aromatic rings. The number of hydrogen-bond acceptors (Lipinski definition) is 5. The lowest BCUT2D eigenvalue weighted by molar-refractivity contribution is 0.222. The predicted octanol–water partition coefficient (Wildman–Crippen LogP) is 3.38. The van der Waals surface area contributed by atoms with Crippen molar-refractivity contribution in [2.24, 2.45) is 0 Å². The van der Waals surface area contributed by atoms with Gasteiger partial charge in [0.05, 0.1) is 24.5 Å². The van der Waals surface area contributed by atoms with Gasteiger partial charge in [0.1, 0.15) is 5.75 Å². The van der Waals surface area contributed by atoms with Crippen LogP contribution in [-0.2, 0) is 13.0 Å². The highest BCUT2D eigenvalue weighted by Crippen LogP contribution is 2.26. The lowest BCUT2D eigenvalue weighted by Crippen LogP contribution is -2.20. The molecule has 5 nitrogen and oxygen atoms in total. The highest BCUT2D eigenvalue weighted by Gasteiger charge is 2.14. The Bertz CT molecular complexity index is 713. The second-order valence-electron chi connectivity index (χ2n) is 6.34. The smallest absolute Gasteiger partial charge is 0.146 e. The average Bonchev–Trinajstić information content (AvgIpc) is 2.62. The summed E-state index contributed by atoms with van der Waals surface area (Å²) in [5.74, 6) is 0.684. The van der Waals surface area contributed by atoms with E-state index in [1.165, 1.54) is 0 Å². The molecule has 5 heteroatoms. The Morgan fingerprint density at radius 1 is 1.46 bits per heavy atom. The van der Waals surface area contributed by atoms with E-state index in [1.807, 2.05) is 26.8 Å². The van der Waals surface area contributed by atoms with Crippen molar-refractivity contribution in [1.82, 2.24) is 10.3 Å². The van der Waals surface area contributed by atoms with Crippen LogP contribution in [0.15, 0.2) is 42.2 Å². The topological polar surface area (TPSA) is 78.2 Å². The van der Waals surface area contributed by atoms with E-state index >= 15 is 0 Å². The Balaban J connectivity index is 2.73. The van der Waals surface area contributed by atoms with Gasteiger partial charge in [-0.05, 0) is 57.9 Å². The van der Waals surface area contributed by atoms with Gasteiger partial charge in [-0.2, -0.15) is 5.26 Å². The van der Waals surface area contributed by atoms with Crippen molar-refractivity contribution in [1.29, 1.82) is 5.26 Å². The zero-order valence-corrected chi connectivity index (χ0v) is 16.2. The molecule has 0 saturated carbocycles. The van der Waals surface area contributed by atoms with E-state index in [4.69, 9.17) is 10.00 Å². The first-order valence-corrected chi connectivity index (χ1v) is 8.78. The normalized spacial score (nSPS) is 12.2. The minimum atomic E-state index is -0.0726. The van der Waals surface area contributed by atoms with Gasteiger partial charge in [-0.3, -0.25) is 4.98 Å². The van der Waals surface area contributed by atoms with Crippen molar-refractivity contribution in [2.45, 2.75) is 46.8 Å². The van der Waals surface area contributed by atoms with Crippen LogP contribution in [0, 0.1) is 18.3 Å². The standard InChI is InChI=1S/C21H29N3O2/c1-6-18(8-7-16(4)11-22)12-23-10-9-19-13-24-17(5)21(20(19)14-25)26-15(2)3/h6-8,13,15,23,25H,1,9-10,12,14H2,2-5H3/b16-7+,18-8+. The van der Waals surface area contributed by atoms with Crippen molar-refractivity contribution in [3.05, 3.63) is 59.0 Å². The van der Waals surface area contributed by atoms with Gasteiger partial charge in [0.2, 0.25) is 0 Å². The van der Waals surface area contributed by atoms with Crippen molar-refractivity contribution in [3.63, 3.8) is 0 Å². The highest BCUT2D eigenvalue weighted by molar-refractivity contribution is 5.42. The van der Waals surface area contributed by atoms with E-state index < -0.39 is 0 Å². The molecule has 0 aromatic carbocycles. The molecule has 0 amide bonds. The summed E-state index contributed by atoms with van der Waals surface area (Å²) in [5, 5.41) is 21.9. The van der Waals surface area contributed by atoms with Crippen molar-refractivity contribution >= 4 is 0 Å². The van der Waals surface area contributed by atoms with Gasteiger partial charge in [-0.1, -0.05) is 18.7 Å². The van der Waals surface area contributed by atoms with Gasteiger partial charge in [-0.15, -0.1) is 0 Å². The summed E-state index contributed by atoms with van der Waals surface area (Å²) in [6.45, 7) is 12.7. The molecule has 1 rings (SSSR count). The van der Waals surface area contributed by atoms with E-state index in [0.717, 1.165) is 35.4 Å². The predicted molar refractivity (Wildman–Crippen MR) is 105 cm³/mol. The fourth-order valence-corrected chi connectivity index (χ4v) is 2.38. The van der Waals surface area contributed by atoms with Gasteiger partial charge in [0, 0.05) is 23.9 Å². The van der Waals surface area contributed by atoms with Crippen LogP contribution in [0.2, 0.25) is 0 Å². The lowest BCUT2D eigenvalue weighted by Gasteiger charge is -2.18. The van der Waals surface area contributed by atoms with E-state index in [0.29, 0.717) is 17.9 Å². The van der Waals surface area contributed by atoms with Crippen molar-refractivity contribution in [2.75, 3.05) is 13.1 Å². The summed E-state index contributed by atoms with van der Waals surface area (Å²) >= 11 is 0. The Morgan fingerprint density at radius 3 is 2.77 bits per heavy atom. The molecule has 0 bridgehead atoms. The first-order valence-electron chi connectivity index (χ1n) is 8.78. The summed E-state index contributed by atoms with van der Waals surface area (Å²) in [5.41, 5.74) is 4.23. The first-order chi connectivity index (χ1) is 12.4. The third-order valence-electron chi connectivity index (χ3n) is 3.80. The highest BCUT2D eigenvalue weighted by atomic mass is 16.5. The number of nitriles is 1. The molecular formula is C21H29N3O2. The quantitative estimate of drug-likeness (QED) is 0.382. The number of aryl methyl sites for hydroxylation is 1. The van der Waals surface area contributed by atoms with Crippen LogP contribution in [0.3, 0.4) is 0 Å². The number of nitrogens with one attached hydrogen (secondary N) is 1. The third kappa shape index (κ3) is 6.83. The van der Waals surface area contributed by atoms with Gasteiger partial charge in [-0.25, -0.2) is 0 Å². The second-order valence-corrected chi connectivity index (χ2v) is 6.34. The number of pyridine rings is 1. The molecule has 0 spiro atoms. The second kappa shape index (κ2) is 11.2. The number of aliphatic hydroxyl groups is 1. The number of aliphatic hydroxyl groups excluding tert-OH is 1. The molecule has 0 aliphatic heterocycles. The molecule has 0 fully saturated rings. The largest absolute Gasteiger partial charge is 0.489 e. The molecule has 26 heavy (non-hydrogen) atoms. The zero-order chi connectivity index (χ0) is 19.5. The number of nitrogens with zero attached hydrogens (tertiary/aromatic N) is 2. The van der Waals surface area contributed by atoms with Gasteiger partial charge < -0.3 is 15.2 Å². The summed E-state index contributed by atoms with van der Waals surface area (Å²) in [6.07, 6.45) is 8.00. The van der Waals surface area contributed by atoms with Crippen molar-refractivity contribution < 1.29 is 9.84 Å². The fourth-order valence-electron chi connectivity index (χ4n) is 2.38. The van der Waals surface area contributed by atoms with E-state index in [-0.39, 0.29) is 12.7 Å². The third-order valence-corrected chi connectivity index (χ3v) is 3.80. The molecule has 0 atom stereocenters. The number of rotatable bonds is 10. The molecule has 0 unspecified atom stereocenters. The van der Waals surface area contributed by atoms with Crippen LogP contribution in [0.4, 0.5) is 0 Å². The number of aromatic nitrogens is 1. The monoisotopic (exact) mass is 355 g/mol. The molecule has 1 aromatic heterocycles. The van der Waals surface area contributed by atoms with Crippen LogP contribution in [-0.4, -0.2) is 29.3 Å². The SMILES string of the molecule is C=C/C(=C\C=C(/C)C#N)CNCCc1cnc(C)c(OC(C)C)c1CO. The van der Waals surface area contributed by atoms with Crippen LogP contribution in [0.5, 0.6) is 5.75 Å². The molecule has 0 aliphatic rings. The Morgan fingerprint density at radius 2 is 2.19 bits per heavy atom. The van der Waals surface area contributed by atoms with E-state index in [2.05, 4.69) is 22.9 Å². The summed E-state index contributed by atoms with van der Waals surface area (Å²) in [7, 11) is 0. The van der Waals surface area contributed by atoms with Crippen LogP contribution in [0.25, 0.3) is 0 Å². The fraction of sp³-hybridized carbons (Fsp3) is 0.429. The Hall–Kier alpha value is -2.42. The Kier molecular flexibility index (Phi) is 9.35. The van der Waals surface area contributed by atoms with Gasteiger partial charge in [0.15, 0.2) is 0 Å². The lowest BCUT2D eigenvalue weighted by atomic mass is 10.1. The van der Waals surface area contributed by atoms with Crippen LogP contribution >= 0.6 is 0 Å². The number of hydrogen-bond donors (Lipinski definition) is 2. The molecule has 0 radical (unpaired) electrons. The minimum absolute atomic E-state index is 0.0272. The van der Waals surface area contributed by atoms with Gasteiger partial charge in [0.25, 0.3) is 0 Å². The molecular weight excluding hydrogens is 326 g/mol. The van der Waals surface area contributed by atoms with E-state index in [9.17, 15) is 5.11 Å². The summed E-state index contributed by atoms with van der Waals surface area (Å²) in [4.78, 5) is 4.40. The molecule has 140 valence electrons. The van der Waals surface area contributed by atoms with Crippen molar-refractivity contribution in [3.8, 4) is 11.8 Å². The number of ether oxygens (including phenoxy) is 1. The molecule has 0 saturated heterocycles. The van der Waals surface area contributed by atoms with Crippen LogP contribution < -0.4 is 10.1 Å². The van der Waals surface area contributed by atoms with E-state index in [1.54, 1.807) is 25.3 Å². The van der Waals surface area contributed by atoms with Gasteiger partial charge >= 0.3 is 0 Å². The summed E-state index contributed by atoms with van der Waals surface area (Å²) in [6, 6.07) is 2.09. The molecule has 1 heterocycles. The Labute approximate surface area is 156 Å². The summed E-state index contributed by atoms with van der Waals surface area (Å²) < 4.78 is 5.84. The number of allylic oxidation sites excluding steroid dienone is 3. The maximum atomic E-state index is 9.78.